The summed E-state index contributed by atoms with van der Waals surface area (Å²) in [6.07, 6.45) is 0.135. The number of hydrogen-bond acceptors (Lipinski definition) is 4. The van der Waals surface area contributed by atoms with Gasteiger partial charge in [0.05, 0.1) is 4.92 Å². The largest absolute Gasteiger partial charge is 0.379 e. The van der Waals surface area contributed by atoms with Crippen LogP contribution < -0.4 is 10.6 Å². The molecular weight excluding hydrogens is 341 g/mol. The van der Waals surface area contributed by atoms with E-state index in [2.05, 4.69) is 10.6 Å². The quantitative estimate of drug-likeness (QED) is 0.597. The Bertz CT molecular complexity index is 717. The van der Waals surface area contributed by atoms with Gasteiger partial charge in [0.2, 0.25) is 5.91 Å². The summed E-state index contributed by atoms with van der Waals surface area (Å²) < 4.78 is 0. The molecule has 0 radical (unpaired) electrons. The molecule has 0 fully saturated rings. The van der Waals surface area contributed by atoms with Gasteiger partial charge in [0, 0.05) is 34.8 Å². The summed E-state index contributed by atoms with van der Waals surface area (Å²) in [5.41, 5.74) is 0.837. The van der Waals surface area contributed by atoms with Crippen LogP contribution in [-0.4, -0.2) is 17.4 Å². The summed E-state index contributed by atoms with van der Waals surface area (Å²) in [5, 5.41) is 17.3. The number of anilines is 2. The molecule has 2 aromatic carbocycles. The van der Waals surface area contributed by atoms with Gasteiger partial charge in [0.1, 0.15) is 5.69 Å². The molecule has 0 aromatic heterocycles. The van der Waals surface area contributed by atoms with Crippen LogP contribution in [0.4, 0.5) is 17.1 Å². The number of nitro benzene ring substituents is 1. The van der Waals surface area contributed by atoms with Crippen LogP contribution in [0.1, 0.15) is 6.42 Å². The number of benzene rings is 2. The second kappa shape index (κ2) is 7.80. The topological polar surface area (TPSA) is 84.3 Å². The first-order valence-corrected chi connectivity index (χ1v) is 7.44. The van der Waals surface area contributed by atoms with Crippen molar-refractivity contribution in [1.82, 2.24) is 0 Å². The minimum Gasteiger partial charge on any atom is -0.379 e. The third kappa shape index (κ3) is 5.12. The first-order valence-electron chi connectivity index (χ1n) is 6.69. The fourth-order valence-corrected chi connectivity index (χ4v) is 2.47. The summed E-state index contributed by atoms with van der Waals surface area (Å²) in [5.74, 6) is -0.255. The lowest BCUT2D eigenvalue weighted by molar-refractivity contribution is -0.384. The predicted octanol–water partition coefficient (Wildman–Crippen LogP) is 4.34. The molecule has 0 saturated heterocycles. The third-order valence-electron chi connectivity index (χ3n) is 2.91. The zero-order valence-electron chi connectivity index (χ0n) is 11.9. The highest BCUT2D eigenvalue weighted by molar-refractivity contribution is 6.35. The second-order valence-electron chi connectivity index (χ2n) is 4.66. The molecule has 0 unspecified atom stereocenters. The van der Waals surface area contributed by atoms with Crippen LogP contribution in [0.3, 0.4) is 0 Å². The van der Waals surface area contributed by atoms with Crippen LogP contribution in [0.25, 0.3) is 0 Å². The van der Waals surface area contributed by atoms with Crippen molar-refractivity contribution in [2.45, 2.75) is 6.42 Å². The maximum Gasteiger partial charge on any atom is 0.292 e. The van der Waals surface area contributed by atoms with Gasteiger partial charge in [-0.2, -0.15) is 0 Å². The van der Waals surface area contributed by atoms with E-state index in [4.69, 9.17) is 23.2 Å². The Hall–Kier alpha value is -2.31. The number of nitro groups is 1. The van der Waals surface area contributed by atoms with Gasteiger partial charge in [0.15, 0.2) is 0 Å². The zero-order valence-corrected chi connectivity index (χ0v) is 13.4. The van der Waals surface area contributed by atoms with E-state index in [0.717, 1.165) is 0 Å². The molecule has 2 aromatic rings. The molecule has 0 aliphatic carbocycles. The van der Waals surface area contributed by atoms with E-state index in [-0.39, 0.29) is 24.6 Å². The maximum absolute atomic E-state index is 11.9. The second-order valence-corrected chi connectivity index (χ2v) is 5.53. The van der Waals surface area contributed by atoms with Crippen molar-refractivity contribution in [2.24, 2.45) is 0 Å². The zero-order chi connectivity index (χ0) is 16.8. The van der Waals surface area contributed by atoms with E-state index < -0.39 is 4.92 Å². The Morgan fingerprint density at radius 3 is 2.43 bits per heavy atom. The van der Waals surface area contributed by atoms with Crippen molar-refractivity contribution < 1.29 is 9.72 Å². The molecule has 120 valence electrons. The molecule has 0 bridgehead atoms. The summed E-state index contributed by atoms with van der Waals surface area (Å²) in [6.45, 7) is 0.255. The smallest absolute Gasteiger partial charge is 0.292 e. The number of nitrogens with one attached hydrogen (secondary N) is 2. The highest BCUT2D eigenvalue weighted by Crippen LogP contribution is 2.24. The predicted molar refractivity (Wildman–Crippen MR) is 91.3 cm³/mol. The van der Waals surface area contributed by atoms with Crippen LogP contribution in [0, 0.1) is 10.1 Å². The van der Waals surface area contributed by atoms with Gasteiger partial charge >= 0.3 is 0 Å². The van der Waals surface area contributed by atoms with E-state index in [0.29, 0.717) is 21.4 Å². The van der Waals surface area contributed by atoms with Crippen LogP contribution in [0.15, 0.2) is 42.5 Å². The molecule has 0 atom stereocenters. The van der Waals surface area contributed by atoms with E-state index in [1.54, 1.807) is 36.4 Å². The van der Waals surface area contributed by atoms with Crippen LogP contribution in [0.5, 0.6) is 0 Å². The fraction of sp³-hybridized carbons (Fsp3) is 0.133. The molecule has 1 amide bonds. The van der Waals surface area contributed by atoms with Gasteiger partial charge in [-0.15, -0.1) is 0 Å². The molecule has 8 heteroatoms. The van der Waals surface area contributed by atoms with Gasteiger partial charge in [-0.1, -0.05) is 35.3 Å². The normalized spacial score (nSPS) is 10.2. The van der Waals surface area contributed by atoms with Crippen LogP contribution in [0.2, 0.25) is 10.0 Å². The van der Waals surface area contributed by atoms with E-state index in [1.807, 2.05) is 0 Å². The number of amides is 1. The molecule has 2 N–H and O–H groups in total. The number of rotatable bonds is 6. The van der Waals surface area contributed by atoms with E-state index in [9.17, 15) is 14.9 Å². The summed E-state index contributed by atoms with van der Waals surface area (Å²) >= 11 is 11.7. The van der Waals surface area contributed by atoms with Crippen molar-refractivity contribution in [1.29, 1.82) is 0 Å². The fourth-order valence-electron chi connectivity index (χ4n) is 1.94. The molecule has 0 aliphatic heterocycles. The number of hydrogen-bond donors (Lipinski definition) is 2. The van der Waals surface area contributed by atoms with Crippen LogP contribution >= 0.6 is 23.2 Å². The highest BCUT2D eigenvalue weighted by Gasteiger charge is 2.12. The monoisotopic (exact) mass is 353 g/mol. The maximum atomic E-state index is 11.9. The third-order valence-corrected chi connectivity index (χ3v) is 3.35. The molecule has 0 aliphatic rings. The van der Waals surface area contributed by atoms with Crippen molar-refractivity contribution >= 4 is 46.2 Å². The van der Waals surface area contributed by atoms with Crippen molar-refractivity contribution in [2.75, 3.05) is 17.2 Å². The Morgan fingerprint density at radius 1 is 1.13 bits per heavy atom. The van der Waals surface area contributed by atoms with Crippen molar-refractivity contribution in [3.63, 3.8) is 0 Å². The number of para-hydroxylation sites is 2. The summed E-state index contributed by atoms with van der Waals surface area (Å²) in [7, 11) is 0. The molecule has 0 saturated carbocycles. The number of nitrogens with zero attached hydrogens (tertiary/aromatic N) is 1. The molecule has 6 nitrogen and oxygen atoms in total. The first kappa shape index (κ1) is 17.1. The Kier molecular flexibility index (Phi) is 5.78. The average molecular weight is 354 g/mol. The first-order chi connectivity index (χ1) is 11.0. The van der Waals surface area contributed by atoms with Gasteiger partial charge in [-0.25, -0.2) is 0 Å². The van der Waals surface area contributed by atoms with Gasteiger partial charge in [0.25, 0.3) is 5.69 Å². The molecule has 23 heavy (non-hydrogen) atoms. The molecular formula is C15H13Cl2N3O3. The van der Waals surface area contributed by atoms with Gasteiger partial charge in [-0.05, 0) is 24.3 Å². The standard InChI is InChI=1S/C15H13Cl2N3O3/c16-10-7-11(17)9-12(8-10)19-15(21)5-6-18-13-3-1-2-4-14(13)20(22)23/h1-4,7-9,18H,5-6H2,(H,19,21). The number of carbonyl (C=O) groups excluding carboxylic acids is 1. The van der Waals surface area contributed by atoms with E-state index >= 15 is 0 Å². The Balaban J connectivity index is 1.89. The Morgan fingerprint density at radius 2 is 1.78 bits per heavy atom. The number of carbonyl (C=O) groups is 1. The lowest BCUT2D eigenvalue weighted by Gasteiger charge is -2.08. The van der Waals surface area contributed by atoms with Gasteiger partial charge in [-0.3, -0.25) is 14.9 Å². The van der Waals surface area contributed by atoms with E-state index in [1.165, 1.54) is 6.07 Å². The molecule has 0 spiro atoms. The minimum absolute atomic E-state index is 0.0328. The lowest BCUT2D eigenvalue weighted by Crippen LogP contribution is -2.16. The average Bonchev–Trinajstić information content (AvgIpc) is 2.46. The highest BCUT2D eigenvalue weighted by atomic mass is 35.5. The summed E-state index contributed by atoms with van der Waals surface area (Å²) in [4.78, 5) is 22.3. The van der Waals surface area contributed by atoms with Crippen molar-refractivity contribution in [3.8, 4) is 0 Å². The number of halogens is 2. The molecule has 2 rings (SSSR count). The minimum atomic E-state index is -0.476. The SMILES string of the molecule is O=C(CCNc1ccccc1[N+](=O)[O-])Nc1cc(Cl)cc(Cl)c1. The summed E-state index contributed by atoms with van der Waals surface area (Å²) in [6, 6.07) is 11.0. The van der Waals surface area contributed by atoms with Gasteiger partial charge < -0.3 is 10.6 Å². The Labute approximate surface area is 142 Å². The van der Waals surface area contributed by atoms with Crippen LogP contribution in [-0.2, 0) is 4.79 Å². The lowest BCUT2D eigenvalue weighted by atomic mass is 10.2. The van der Waals surface area contributed by atoms with Crippen molar-refractivity contribution in [3.05, 3.63) is 62.6 Å². The molecule has 0 heterocycles.